The van der Waals surface area contributed by atoms with Crippen LogP contribution in [0.4, 0.5) is 4.39 Å². The Balaban J connectivity index is 3.19. The van der Waals surface area contributed by atoms with Crippen LogP contribution in [0.25, 0.3) is 0 Å². The van der Waals surface area contributed by atoms with Crippen LogP contribution >= 0.6 is 9.24 Å². The fourth-order valence-electron chi connectivity index (χ4n) is 1.03. The Hall–Kier alpha value is -0.460. The van der Waals surface area contributed by atoms with Crippen LogP contribution < -0.4 is 5.30 Å². The summed E-state index contributed by atoms with van der Waals surface area (Å²) in [6.45, 7) is 3.13. The summed E-state index contributed by atoms with van der Waals surface area (Å²) in [5, 5.41) is 10.3. The lowest BCUT2D eigenvalue weighted by molar-refractivity contribution is 0.0746. The highest BCUT2D eigenvalue weighted by molar-refractivity contribution is 7.27. The first-order valence-electron chi connectivity index (χ1n) is 3.69. The van der Waals surface area contributed by atoms with Crippen molar-refractivity contribution in [3.8, 4) is 0 Å². The van der Waals surface area contributed by atoms with E-state index >= 15 is 0 Å². The molecule has 0 saturated heterocycles. The molecule has 1 aromatic rings. The van der Waals surface area contributed by atoms with E-state index in [1.807, 2.05) is 0 Å². The molecular formula is C9H12FOP. The van der Waals surface area contributed by atoms with Crippen LogP contribution in [0, 0.1) is 5.82 Å². The molecule has 1 rings (SSSR count). The first-order valence-corrected chi connectivity index (χ1v) is 4.27. The Labute approximate surface area is 73.8 Å². The standard InChI is InChI=1S/C9H12FOP/c1-9(2,11)7-4-3-6(12)5-8(7)10/h3-5,11H,12H2,1-2H3. The van der Waals surface area contributed by atoms with Gasteiger partial charge in [-0.05, 0) is 25.2 Å². The Kier molecular flexibility index (Phi) is 2.50. The van der Waals surface area contributed by atoms with Gasteiger partial charge in [0.1, 0.15) is 5.82 Å². The van der Waals surface area contributed by atoms with Gasteiger partial charge in [-0.2, -0.15) is 0 Å². The van der Waals surface area contributed by atoms with E-state index in [1.165, 1.54) is 6.07 Å². The maximum atomic E-state index is 13.2. The van der Waals surface area contributed by atoms with Crippen molar-refractivity contribution in [1.82, 2.24) is 0 Å². The van der Waals surface area contributed by atoms with Crippen LogP contribution in [0.1, 0.15) is 19.4 Å². The minimum Gasteiger partial charge on any atom is -0.386 e. The van der Waals surface area contributed by atoms with E-state index in [0.29, 0.717) is 5.56 Å². The molecular weight excluding hydrogens is 174 g/mol. The van der Waals surface area contributed by atoms with E-state index in [9.17, 15) is 9.50 Å². The summed E-state index contributed by atoms with van der Waals surface area (Å²) in [6, 6.07) is 4.73. The van der Waals surface area contributed by atoms with Crippen molar-refractivity contribution in [3.05, 3.63) is 29.6 Å². The Morgan fingerprint density at radius 3 is 2.42 bits per heavy atom. The van der Waals surface area contributed by atoms with Gasteiger partial charge in [0.15, 0.2) is 0 Å². The highest BCUT2D eigenvalue weighted by atomic mass is 31.0. The second-order valence-electron chi connectivity index (χ2n) is 3.30. The number of halogens is 1. The molecule has 0 spiro atoms. The summed E-state index contributed by atoms with van der Waals surface area (Å²) in [5.74, 6) is -0.366. The van der Waals surface area contributed by atoms with Crippen LogP contribution in [0.5, 0.6) is 0 Å². The third-order valence-corrected chi connectivity index (χ3v) is 2.01. The first-order chi connectivity index (χ1) is 5.41. The summed E-state index contributed by atoms with van der Waals surface area (Å²) in [5.41, 5.74) is -0.781. The zero-order chi connectivity index (χ0) is 9.35. The molecule has 0 heterocycles. The van der Waals surface area contributed by atoms with E-state index in [2.05, 4.69) is 9.24 Å². The zero-order valence-corrected chi connectivity index (χ0v) is 8.29. The van der Waals surface area contributed by atoms with E-state index in [-0.39, 0.29) is 5.82 Å². The Bertz CT molecular complexity index is 291. The molecule has 0 aliphatic heterocycles. The molecule has 0 saturated carbocycles. The second kappa shape index (κ2) is 3.12. The zero-order valence-electron chi connectivity index (χ0n) is 7.13. The number of benzene rings is 1. The van der Waals surface area contributed by atoms with Crippen molar-refractivity contribution in [3.63, 3.8) is 0 Å². The third kappa shape index (κ3) is 2.02. The number of hydrogen-bond acceptors (Lipinski definition) is 1. The Morgan fingerprint density at radius 2 is 2.00 bits per heavy atom. The highest BCUT2D eigenvalue weighted by Crippen LogP contribution is 2.21. The largest absolute Gasteiger partial charge is 0.386 e. The van der Waals surface area contributed by atoms with E-state index in [0.717, 1.165) is 5.30 Å². The molecule has 1 nitrogen and oxygen atoms in total. The van der Waals surface area contributed by atoms with Crippen molar-refractivity contribution < 1.29 is 9.50 Å². The summed E-state index contributed by atoms with van der Waals surface area (Å²) < 4.78 is 13.2. The van der Waals surface area contributed by atoms with Crippen LogP contribution in [-0.4, -0.2) is 5.11 Å². The Morgan fingerprint density at radius 1 is 1.42 bits per heavy atom. The molecule has 0 aliphatic rings. The second-order valence-corrected chi connectivity index (χ2v) is 3.96. The van der Waals surface area contributed by atoms with Crippen molar-refractivity contribution in [2.75, 3.05) is 0 Å². The first kappa shape index (κ1) is 9.63. The van der Waals surface area contributed by atoms with Gasteiger partial charge in [0.25, 0.3) is 0 Å². The average molecular weight is 186 g/mol. The van der Waals surface area contributed by atoms with Gasteiger partial charge in [0.2, 0.25) is 0 Å². The van der Waals surface area contributed by atoms with Gasteiger partial charge in [0, 0.05) is 5.56 Å². The summed E-state index contributed by atoms with van der Waals surface area (Å²) in [7, 11) is 2.41. The topological polar surface area (TPSA) is 20.2 Å². The molecule has 0 radical (unpaired) electrons. The maximum absolute atomic E-state index is 13.2. The molecule has 1 aromatic carbocycles. The number of aliphatic hydroxyl groups is 1. The molecule has 66 valence electrons. The van der Waals surface area contributed by atoms with Crippen molar-refractivity contribution in [2.24, 2.45) is 0 Å². The van der Waals surface area contributed by atoms with Crippen LogP contribution in [0.3, 0.4) is 0 Å². The smallest absolute Gasteiger partial charge is 0.129 e. The number of hydrogen-bond donors (Lipinski definition) is 1. The molecule has 3 heteroatoms. The SMILES string of the molecule is CC(C)(O)c1ccc(P)cc1F. The van der Waals surface area contributed by atoms with E-state index in [4.69, 9.17) is 0 Å². The predicted molar refractivity (Wildman–Crippen MR) is 51.0 cm³/mol. The normalized spacial score (nSPS) is 11.8. The molecule has 0 aromatic heterocycles. The minimum atomic E-state index is -1.11. The molecule has 12 heavy (non-hydrogen) atoms. The van der Waals surface area contributed by atoms with Crippen LogP contribution in [0.15, 0.2) is 18.2 Å². The molecule has 1 N–H and O–H groups in total. The summed E-state index contributed by atoms with van der Waals surface area (Å²) in [4.78, 5) is 0. The van der Waals surface area contributed by atoms with Crippen molar-refractivity contribution in [2.45, 2.75) is 19.4 Å². The average Bonchev–Trinajstić information content (AvgIpc) is 1.83. The minimum absolute atomic E-state index is 0.328. The molecule has 0 amide bonds. The van der Waals surface area contributed by atoms with E-state index < -0.39 is 5.60 Å². The van der Waals surface area contributed by atoms with Gasteiger partial charge in [-0.25, -0.2) is 4.39 Å². The van der Waals surface area contributed by atoms with Crippen LogP contribution in [0.2, 0.25) is 0 Å². The third-order valence-electron chi connectivity index (χ3n) is 1.65. The van der Waals surface area contributed by atoms with Gasteiger partial charge in [-0.3, -0.25) is 0 Å². The lowest BCUT2D eigenvalue weighted by atomic mass is 9.98. The summed E-state index contributed by atoms with van der Waals surface area (Å²) in [6.07, 6.45) is 0. The van der Waals surface area contributed by atoms with Gasteiger partial charge < -0.3 is 5.11 Å². The van der Waals surface area contributed by atoms with Crippen LogP contribution in [-0.2, 0) is 5.60 Å². The van der Waals surface area contributed by atoms with Gasteiger partial charge in [-0.1, -0.05) is 12.1 Å². The predicted octanol–water partition coefficient (Wildman–Crippen LogP) is 1.55. The molecule has 0 aliphatic carbocycles. The van der Waals surface area contributed by atoms with Gasteiger partial charge in [0.05, 0.1) is 5.60 Å². The van der Waals surface area contributed by atoms with Crippen molar-refractivity contribution >= 4 is 14.5 Å². The number of rotatable bonds is 1. The van der Waals surface area contributed by atoms with Crippen molar-refractivity contribution in [1.29, 1.82) is 0 Å². The molecule has 0 fully saturated rings. The highest BCUT2D eigenvalue weighted by Gasteiger charge is 2.19. The molecule has 1 atom stereocenters. The van der Waals surface area contributed by atoms with Gasteiger partial charge in [-0.15, -0.1) is 9.24 Å². The molecule has 0 bridgehead atoms. The lowest BCUT2D eigenvalue weighted by Gasteiger charge is -2.18. The monoisotopic (exact) mass is 186 g/mol. The molecule has 1 unspecified atom stereocenters. The van der Waals surface area contributed by atoms with E-state index in [1.54, 1.807) is 26.0 Å². The fraction of sp³-hybridized carbons (Fsp3) is 0.333. The van der Waals surface area contributed by atoms with Gasteiger partial charge >= 0.3 is 0 Å². The quantitative estimate of drug-likeness (QED) is 0.660. The lowest BCUT2D eigenvalue weighted by Crippen LogP contribution is -2.18. The maximum Gasteiger partial charge on any atom is 0.129 e. The summed E-state index contributed by atoms with van der Waals surface area (Å²) >= 11 is 0. The fourth-order valence-corrected chi connectivity index (χ4v) is 1.27.